The molecule has 0 aliphatic heterocycles. The van der Waals surface area contributed by atoms with Crippen molar-refractivity contribution in [2.75, 3.05) is 11.9 Å². The van der Waals surface area contributed by atoms with Gasteiger partial charge in [0.25, 0.3) is 11.6 Å². The Morgan fingerprint density at radius 3 is 2.54 bits per heavy atom. The number of nitrogens with zero attached hydrogens (tertiary/aromatic N) is 1. The van der Waals surface area contributed by atoms with Crippen LogP contribution in [-0.2, 0) is 20.7 Å². The summed E-state index contributed by atoms with van der Waals surface area (Å²) < 4.78 is 17.6. The number of nitrogens with one attached hydrogen (secondary N) is 1. The zero-order chi connectivity index (χ0) is 19.1. The van der Waals surface area contributed by atoms with Gasteiger partial charge in [0, 0.05) is 17.5 Å². The number of benzene rings is 2. The Labute approximate surface area is 152 Å². The first-order valence-electron chi connectivity index (χ1n) is 7.49. The van der Waals surface area contributed by atoms with E-state index in [9.17, 15) is 24.1 Å². The molecular formula is C17H14ClFN2O5. The Hall–Kier alpha value is -3.00. The molecule has 0 aliphatic rings. The van der Waals surface area contributed by atoms with E-state index in [1.165, 1.54) is 24.3 Å². The average Bonchev–Trinajstić information content (AvgIpc) is 2.59. The minimum Gasteiger partial charge on any atom is -0.456 e. The fourth-order valence-electron chi connectivity index (χ4n) is 2.07. The lowest BCUT2D eigenvalue weighted by Gasteiger charge is -2.07. The first-order chi connectivity index (χ1) is 12.3. The number of ether oxygens (including phenoxy) is 1. The fourth-order valence-corrected chi connectivity index (χ4v) is 2.24. The topological polar surface area (TPSA) is 98.5 Å². The Morgan fingerprint density at radius 2 is 1.88 bits per heavy atom. The van der Waals surface area contributed by atoms with Crippen LogP contribution in [0.5, 0.6) is 0 Å². The van der Waals surface area contributed by atoms with Crippen LogP contribution in [0.3, 0.4) is 0 Å². The van der Waals surface area contributed by atoms with E-state index in [0.717, 1.165) is 11.6 Å². The van der Waals surface area contributed by atoms with Crippen molar-refractivity contribution in [1.82, 2.24) is 0 Å². The van der Waals surface area contributed by atoms with Gasteiger partial charge in [-0.15, -0.1) is 0 Å². The highest BCUT2D eigenvalue weighted by atomic mass is 35.5. The second-order valence-electron chi connectivity index (χ2n) is 5.25. The normalized spacial score (nSPS) is 10.2. The van der Waals surface area contributed by atoms with Crippen LogP contribution in [0.4, 0.5) is 15.8 Å². The predicted octanol–water partition coefficient (Wildman–Crippen LogP) is 3.50. The van der Waals surface area contributed by atoms with Gasteiger partial charge in [-0.05, 0) is 36.2 Å². The zero-order valence-electron chi connectivity index (χ0n) is 13.4. The molecule has 0 heterocycles. The molecule has 136 valence electrons. The van der Waals surface area contributed by atoms with E-state index >= 15 is 0 Å². The van der Waals surface area contributed by atoms with E-state index in [4.69, 9.17) is 16.3 Å². The van der Waals surface area contributed by atoms with Crippen molar-refractivity contribution >= 4 is 34.9 Å². The van der Waals surface area contributed by atoms with Gasteiger partial charge in [-0.2, -0.15) is 0 Å². The van der Waals surface area contributed by atoms with Crippen molar-refractivity contribution in [2.45, 2.75) is 12.8 Å². The van der Waals surface area contributed by atoms with Crippen LogP contribution >= 0.6 is 11.6 Å². The minimum absolute atomic E-state index is 0.0101. The van der Waals surface area contributed by atoms with Crippen molar-refractivity contribution in [3.05, 3.63) is 69.0 Å². The summed E-state index contributed by atoms with van der Waals surface area (Å²) in [6.07, 6.45) is 0.344. The number of esters is 1. The van der Waals surface area contributed by atoms with Gasteiger partial charge in [0.15, 0.2) is 6.61 Å². The smallest absolute Gasteiger partial charge is 0.306 e. The summed E-state index contributed by atoms with van der Waals surface area (Å²) in [5.41, 5.74) is 0.336. The molecule has 0 saturated carbocycles. The van der Waals surface area contributed by atoms with Crippen molar-refractivity contribution in [1.29, 1.82) is 0 Å². The molecule has 2 aromatic rings. The molecular weight excluding hydrogens is 367 g/mol. The van der Waals surface area contributed by atoms with Gasteiger partial charge in [-0.1, -0.05) is 23.7 Å². The summed E-state index contributed by atoms with van der Waals surface area (Å²) in [6, 6.07) is 9.38. The third-order valence-corrected chi connectivity index (χ3v) is 3.56. The molecule has 1 amide bonds. The summed E-state index contributed by atoms with van der Waals surface area (Å²) in [4.78, 5) is 33.7. The van der Waals surface area contributed by atoms with E-state index in [1.54, 1.807) is 12.1 Å². The van der Waals surface area contributed by atoms with Gasteiger partial charge >= 0.3 is 5.97 Å². The van der Waals surface area contributed by atoms with Gasteiger partial charge < -0.3 is 10.1 Å². The largest absolute Gasteiger partial charge is 0.456 e. The quantitative estimate of drug-likeness (QED) is 0.450. The SMILES string of the molecule is O=C(COC(=O)CCc1ccc(F)cc1)Nc1cc(Cl)ccc1[N+](=O)[O-]. The Kier molecular flexibility index (Phi) is 6.62. The second kappa shape index (κ2) is 8.91. The molecule has 0 aromatic heterocycles. The maximum absolute atomic E-state index is 12.8. The lowest BCUT2D eigenvalue weighted by atomic mass is 10.1. The number of nitro groups is 1. The third-order valence-electron chi connectivity index (χ3n) is 3.32. The van der Waals surface area contributed by atoms with E-state index in [-0.39, 0.29) is 28.6 Å². The molecule has 2 rings (SSSR count). The molecule has 0 atom stereocenters. The highest BCUT2D eigenvalue weighted by molar-refractivity contribution is 6.31. The molecule has 7 nitrogen and oxygen atoms in total. The maximum atomic E-state index is 12.8. The van der Waals surface area contributed by atoms with E-state index < -0.39 is 23.4 Å². The zero-order valence-corrected chi connectivity index (χ0v) is 14.2. The number of carbonyl (C=O) groups excluding carboxylic acids is 2. The predicted molar refractivity (Wildman–Crippen MR) is 92.4 cm³/mol. The molecule has 0 aliphatic carbocycles. The number of anilines is 1. The van der Waals surface area contributed by atoms with Gasteiger partial charge in [-0.25, -0.2) is 4.39 Å². The average molecular weight is 381 g/mol. The molecule has 0 unspecified atom stereocenters. The highest BCUT2D eigenvalue weighted by Crippen LogP contribution is 2.27. The highest BCUT2D eigenvalue weighted by Gasteiger charge is 2.17. The van der Waals surface area contributed by atoms with Crippen LogP contribution in [0.2, 0.25) is 5.02 Å². The molecule has 1 N–H and O–H groups in total. The molecule has 0 fully saturated rings. The Morgan fingerprint density at radius 1 is 1.19 bits per heavy atom. The van der Waals surface area contributed by atoms with Crippen molar-refractivity contribution < 1.29 is 23.6 Å². The molecule has 0 saturated heterocycles. The number of carbonyl (C=O) groups is 2. The molecule has 2 aromatic carbocycles. The van der Waals surface area contributed by atoms with Crippen LogP contribution in [0, 0.1) is 15.9 Å². The van der Waals surface area contributed by atoms with Gasteiger partial charge in [0.05, 0.1) is 4.92 Å². The van der Waals surface area contributed by atoms with Crippen molar-refractivity contribution in [3.8, 4) is 0 Å². The van der Waals surface area contributed by atoms with Gasteiger partial charge in [0.2, 0.25) is 0 Å². The van der Waals surface area contributed by atoms with Crippen LogP contribution < -0.4 is 5.32 Å². The number of rotatable bonds is 7. The van der Waals surface area contributed by atoms with Gasteiger partial charge in [0.1, 0.15) is 11.5 Å². The molecule has 26 heavy (non-hydrogen) atoms. The van der Waals surface area contributed by atoms with E-state index in [0.29, 0.717) is 6.42 Å². The van der Waals surface area contributed by atoms with Gasteiger partial charge in [-0.3, -0.25) is 19.7 Å². The van der Waals surface area contributed by atoms with Crippen molar-refractivity contribution in [3.63, 3.8) is 0 Å². The van der Waals surface area contributed by atoms with E-state index in [1.807, 2.05) is 0 Å². The van der Waals surface area contributed by atoms with E-state index in [2.05, 4.69) is 5.32 Å². The summed E-state index contributed by atoms with van der Waals surface area (Å²) in [7, 11) is 0. The summed E-state index contributed by atoms with van der Waals surface area (Å²) in [5.74, 6) is -1.72. The number of halogens is 2. The lowest BCUT2D eigenvalue weighted by Crippen LogP contribution is -2.21. The maximum Gasteiger partial charge on any atom is 0.306 e. The Bertz CT molecular complexity index is 826. The first kappa shape index (κ1) is 19.3. The van der Waals surface area contributed by atoms with Crippen LogP contribution in [0.1, 0.15) is 12.0 Å². The minimum atomic E-state index is -0.731. The standard InChI is InChI=1S/C17H14ClFN2O5/c18-12-4-7-15(21(24)25)14(9-12)20-16(22)10-26-17(23)8-3-11-1-5-13(19)6-2-11/h1-2,4-7,9H,3,8,10H2,(H,20,22). The fraction of sp³-hybridized carbons (Fsp3) is 0.176. The van der Waals surface area contributed by atoms with Crippen LogP contribution in [0.15, 0.2) is 42.5 Å². The molecule has 0 bridgehead atoms. The number of nitro benzene ring substituents is 1. The molecule has 0 spiro atoms. The monoisotopic (exact) mass is 380 g/mol. The number of amides is 1. The summed E-state index contributed by atoms with van der Waals surface area (Å²) >= 11 is 5.76. The number of aryl methyl sites for hydroxylation is 1. The number of hydrogen-bond acceptors (Lipinski definition) is 5. The lowest BCUT2D eigenvalue weighted by molar-refractivity contribution is -0.383. The summed E-state index contributed by atoms with van der Waals surface area (Å²) in [5, 5.41) is 13.4. The second-order valence-corrected chi connectivity index (χ2v) is 5.69. The first-order valence-corrected chi connectivity index (χ1v) is 7.87. The third kappa shape index (κ3) is 5.82. The van der Waals surface area contributed by atoms with Crippen molar-refractivity contribution in [2.24, 2.45) is 0 Å². The van der Waals surface area contributed by atoms with Crippen LogP contribution in [-0.4, -0.2) is 23.4 Å². The molecule has 0 radical (unpaired) electrons. The molecule has 9 heteroatoms. The Balaban J connectivity index is 1.83. The number of hydrogen-bond donors (Lipinski definition) is 1. The summed E-state index contributed by atoms with van der Waals surface area (Å²) in [6.45, 7) is -0.591. The van der Waals surface area contributed by atoms with Crippen LogP contribution in [0.25, 0.3) is 0 Å².